The van der Waals surface area contributed by atoms with Gasteiger partial charge in [0, 0.05) is 5.92 Å². The predicted molar refractivity (Wildman–Crippen MR) is 75.8 cm³/mol. The van der Waals surface area contributed by atoms with Crippen molar-refractivity contribution >= 4 is 0 Å². The summed E-state index contributed by atoms with van der Waals surface area (Å²) in [6, 6.07) is 10.3. The number of hydrogen-bond donors (Lipinski definition) is 0. The number of fused-ring (bicyclic) bond motifs is 3. The molecule has 112 valence electrons. The Morgan fingerprint density at radius 1 is 1.19 bits per heavy atom. The molecule has 1 aromatic rings. The van der Waals surface area contributed by atoms with Gasteiger partial charge in [0.15, 0.2) is 5.79 Å². The summed E-state index contributed by atoms with van der Waals surface area (Å²) in [5.41, 5.74) is 1.17. The van der Waals surface area contributed by atoms with Crippen molar-refractivity contribution in [2.24, 2.45) is 16.1 Å². The molecule has 0 spiro atoms. The largest absolute Gasteiger partial charge is 0.370 e. The van der Waals surface area contributed by atoms with Crippen LogP contribution in [0, 0.1) is 5.92 Å². The standard InChI is InChI=1S/C16H20N2O3/c1-16(2)20-14-12-11(8-17-18-12)13(15(14)21-16)19-9-10-6-4-3-5-7-10/h3-7,11-15H,8-9H2,1-2H3/t11-,12+,13-,14-,15+/m1/s1. The van der Waals surface area contributed by atoms with E-state index in [1.54, 1.807) is 0 Å². The first-order chi connectivity index (χ1) is 10.1. The Bertz CT molecular complexity index is 546. The van der Waals surface area contributed by atoms with E-state index in [0.717, 1.165) is 0 Å². The van der Waals surface area contributed by atoms with Gasteiger partial charge in [0.1, 0.15) is 18.2 Å². The van der Waals surface area contributed by atoms with E-state index in [1.807, 2.05) is 32.0 Å². The van der Waals surface area contributed by atoms with Gasteiger partial charge in [-0.3, -0.25) is 0 Å². The SMILES string of the molecule is CC1(C)O[C@H]2[C@H](OCc3ccccc3)[C@@H]3CN=N[C@@H]3[C@H]2O1. The fourth-order valence-corrected chi connectivity index (χ4v) is 3.60. The third kappa shape index (κ3) is 2.29. The summed E-state index contributed by atoms with van der Waals surface area (Å²) in [6.07, 6.45) is -0.0769. The highest BCUT2D eigenvalue weighted by molar-refractivity contribution is 5.14. The Kier molecular flexibility index (Phi) is 3.10. The highest BCUT2D eigenvalue weighted by atomic mass is 16.8. The fraction of sp³-hybridized carbons (Fsp3) is 0.625. The number of nitrogens with zero attached hydrogens (tertiary/aromatic N) is 2. The van der Waals surface area contributed by atoms with Crippen LogP contribution in [0.25, 0.3) is 0 Å². The molecule has 0 bridgehead atoms. The first-order valence-electron chi connectivity index (χ1n) is 7.52. The van der Waals surface area contributed by atoms with Crippen molar-refractivity contribution in [1.82, 2.24) is 0 Å². The monoisotopic (exact) mass is 288 g/mol. The molecule has 2 heterocycles. The van der Waals surface area contributed by atoms with Crippen LogP contribution in [0.1, 0.15) is 19.4 Å². The third-order valence-electron chi connectivity index (χ3n) is 4.48. The van der Waals surface area contributed by atoms with Gasteiger partial charge in [0.2, 0.25) is 0 Å². The highest BCUT2D eigenvalue weighted by Gasteiger charge is 2.61. The van der Waals surface area contributed by atoms with E-state index in [1.165, 1.54) is 5.56 Å². The first kappa shape index (κ1) is 13.4. The van der Waals surface area contributed by atoms with Crippen LogP contribution in [-0.4, -0.2) is 36.7 Å². The van der Waals surface area contributed by atoms with Gasteiger partial charge in [0.05, 0.1) is 19.3 Å². The molecular weight excluding hydrogens is 268 g/mol. The minimum atomic E-state index is -0.563. The Morgan fingerprint density at radius 3 is 2.76 bits per heavy atom. The smallest absolute Gasteiger partial charge is 0.164 e. The zero-order chi connectivity index (χ0) is 14.4. The predicted octanol–water partition coefficient (Wildman–Crippen LogP) is 2.56. The number of rotatable bonds is 3. The molecule has 0 radical (unpaired) electrons. The second-order valence-corrected chi connectivity index (χ2v) is 6.42. The summed E-state index contributed by atoms with van der Waals surface area (Å²) in [5, 5.41) is 8.54. The van der Waals surface area contributed by atoms with Gasteiger partial charge in [0.25, 0.3) is 0 Å². The molecule has 1 saturated heterocycles. The lowest BCUT2D eigenvalue weighted by Crippen LogP contribution is -2.35. The quantitative estimate of drug-likeness (QED) is 0.859. The fourth-order valence-electron chi connectivity index (χ4n) is 3.60. The van der Waals surface area contributed by atoms with Crippen molar-refractivity contribution in [2.75, 3.05) is 6.54 Å². The summed E-state index contributed by atoms with van der Waals surface area (Å²) in [4.78, 5) is 0. The lowest BCUT2D eigenvalue weighted by molar-refractivity contribution is -0.174. The van der Waals surface area contributed by atoms with Gasteiger partial charge in [-0.1, -0.05) is 30.3 Å². The molecule has 1 saturated carbocycles. The van der Waals surface area contributed by atoms with Gasteiger partial charge >= 0.3 is 0 Å². The van der Waals surface area contributed by atoms with Crippen LogP contribution in [0.2, 0.25) is 0 Å². The van der Waals surface area contributed by atoms with E-state index in [-0.39, 0.29) is 30.3 Å². The second-order valence-electron chi connectivity index (χ2n) is 6.42. The second kappa shape index (κ2) is 4.87. The molecule has 2 fully saturated rings. The molecule has 21 heavy (non-hydrogen) atoms. The van der Waals surface area contributed by atoms with Gasteiger partial charge in [-0.25, -0.2) is 0 Å². The van der Waals surface area contributed by atoms with E-state index < -0.39 is 5.79 Å². The molecule has 0 N–H and O–H groups in total. The first-order valence-corrected chi connectivity index (χ1v) is 7.52. The molecule has 1 aromatic carbocycles. The van der Waals surface area contributed by atoms with Crippen LogP contribution in [0.5, 0.6) is 0 Å². The summed E-state index contributed by atoms with van der Waals surface area (Å²) >= 11 is 0. The van der Waals surface area contributed by atoms with Crippen molar-refractivity contribution in [3.63, 3.8) is 0 Å². The molecule has 4 rings (SSSR count). The molecule has 0 amide bonds. The summed E-state index contributed by atoms with van der Waals surface area (Å²) in [5.74, 6) is -0.285. The number of benzene rings is 1. The maximum atomic E-state index is 6.19. The van der Waals surface area contributed by atoms with Gasteiger partial charge in [-0.2, -0.15) is 10.2 Å². The Balaban J connectivity index is 1.51. The average molecular weight is 288 g/mol. The van der Waals surface area contributed by atoms with Crippen molar-refractivity contribution in [3.05, 3.63) is 35.9 Å². The zero-order valence-electron chi connectivity index (χ0n) is 12.3. The summed E-state index contributed by atoms with van der Waals surface area (Å²) < 4.78 is 18.3. The molecule has 2 aliphatic heterocycles. The highest BCUT2D eigenvalue weighted by Crippen LogP contribution is 2.46. The topological polar surface area (TPSA) is 52.4 Å². The number of azo groups is 1. The van der Waals surface area contributed by atoms with Crippen LogP contribution in [0.3, 0.4) is 0 Å². The van der Waals surface area contributed by atoms with E-state index >= 15 is 0 Å². The number of hydrogen-bond acceptors (Lipinski definition) is 5. The van der Waals surface area contributed by atoms with Gasteiger partial charge < -0.3 is 14.2 Å². The molecule has 5 heteroatoms. The lowest BCUT2D eigenvalue weighted by Gasteiger charge is -2.25. The van der Waals surface area contributed by atoms with Crippen LogP contribution in [-0.2, 0) is 20.8 Å². The maximum absolute atomic E-state index is 6.19. The summed E-state index contributed by atoms with van der Waals surface area (Å²) in [6.45, 7) is 5.19. The van der Waals surface area contributed by atoms with Crippen molar-refractivity contribution in [1.29, 1.82) is 0 Å². The van der Waals surface area contributed by atoms with Crippen molar-refractivity contribution < 1.29 is 14.2 Å². The lowest BCUT2D eigenvalue weighted by atomic mass is 10.0. The minimum Gasteiger partial charge on any atom is -0.370 e. The van der Waals surface area contributed by atoms with E-state index in [4.69, 9.17) is 14.2 Å². The molecule has 5 nitrogen and oxygen atoms in total. The molecular formula is C16H20N2O3. The third-order valence-corrected chi connectivity index (χ3v) is 4.48. The van der Waals surface area contributed by atoms with E-state index in [9.17, 15) is 0 Å². The number of ether oxygens (including phenoxy) is 3. The Hall–Kier alpha value is -1.30. The maximum Gasteiger partial charge on any atom is 0.164 e. The van der Waals surface area contributed by atoms with Gasteiger partial charge in [-0.05, 0) is 19.4 Å². The zero-order valence-corrected chi connectivity index (χ0v) is 12.3. The Labute approximate surface area is 124 Å². The molecule has 0 unspecified atom stereocenters. The average Bonchev–Trinajstić information content (AvgIpc) is 3.09. The molecule has 5 atom stereocenters. The van der Waals surface area contributed by atoms with Crippen LogP contribution < -0.4 is 0 Å². The summed E-state index contributed by atoms with van der Waals surface area (Å²) in [7, 11) is 0. The Morgan fingerprint density at radius 2 is 1.95 bits per heavy atom. The van der Waals surface area contributed by atoms with E-state index in [2.05, 4.69) is 22.4 Å². The molecule has 1 aliphatic carbocycles. The van der Waals surface area contributed by atoms with Crippen molar-refractivity contribution in [3.8, 4) is 0 Å². The normalized spacial score (nSPS) is 39.4. The van der Waals surface area contributed by atoms with Crippen LogP contribution >= 0.6 is 0 Å². The van der Waals surface area contributed by atoms with Crippen LogP contribution in [0.4, 0.5) is 0 Å². The molecule has 3 aliphatic rings. The van der Waals surface area contributed by atoms with Crippen LogP contribution in [0.15, 0.2) is 40.6 Å². The molecule has 0 aromatic heterocycles. The minimum absolute atomic E-state index is 0.00280. The van der Waals surface area contributed by atoms with Crippen molar-refractivity contribution in [2.45, 2.75) is 50.6 Å². The van der Waals surface area contributed by atoms with E-state index in [0.29, 0.717) is 13.2 Å². The van der Waals surface area contributed by atoms with Gasteiger partial charge in [-0.15, -0.1) is 0 Å².